The number of halogens is 1. The second-order valence-electron chi connectivity index (χ2n) is 4.36. The lowest BCUT2D eigenvalue weighted by Crippen LogP contribution is -2.24. The predicted octanol–water partition coefficient (Wildman–Crippen LogP) is 3.59. The molecule has 2 aromatic rings. The van der Waals surface area contributed by atoms with Crippen molar-refractivity contribution < 1.29 is 0 Å². The third kappa shape index (κ3) is 3.61. The molecular weight excluding hydrogens is 272 g/mol. The number of rotatable bonds is 6. The highest BCUT2D eigenvalue weighted by atomic mass is 35.5. The van der Waals surface area contributed by atoms with Crippen molar-refractivity contribution in [2.24, 2.45) is 0 Å². The van der Waals surface area contributed by atoms with Crippen molar-refractivity contribution in [1.29, 1.82) is 0 Å². The molecule has 1 N–H and O–H groups in total. The Morgan fingerprint density at radius 2 is 1.90 bits per heavy atom. The van der Waals surface area contributed by atoms with Gasteiger partial charge in [0.05, 0.1) is 0 Å². The first kappa shape index (κ1) is 14.6. The van der Waals surface area contributed by atoms with Crippen molar-refractivity contribution in [3.05, 3.63) is 47.1 Å². The molecule has 106 valence electrons. The van der Waals surface area contributed by atoms with Crippen molar-refractivity contribution in [3.8, 4) is 0 Å². The normalized spacial score (nSPS) is 10.3. The van der Waals surface area contributed by atoms with E-state index >= 15 is 0 Å². The molecule has 20 heavy (non-hydrogen) atoms. The lowest BCUT2D eigenvalue weighted by molar-refractivity contribution is 0.821. The lowest BCUT2D eigenvalue weighted by Gasteiger charge is -2.18. The first-order chi connectivity index (χ1) is 9.74. The fourth-order valence-electron chi connectivity index (χ4n) is 1.93. The van der Waals surface area contributed by atoms with Gasteiger partial charge in [-0.1, -0.05) is 29.8 Å². The molecule has 1 aromatic carbocycles. The van der Waals surface area contributed by atoms with Crippen LogP contribution in [0.15, 0.2) is 36.5 Å². The van der Waals surface area contributed by atoms with E-state index in [1.165, 1.54) is 0 Å². The molecule has 0 fully saturated rings. The third-order valence-corrected chi connectivity index (χ3v) is 3.48. The Morgan fingerprint density at radius 3 is 2.60 bits per heavy atom. The Bertz CT molecular complexity index is 555. The molecule has 0 saturated carbocycles. The van der Waals surface area contributed by atoms with Gasteiger partial charge in [-0.15, -0.1) is 0 Å². The molecule has 0 radical (unpaired) electrons. The summed E-state index contributed by atoms with van der Waals surface area (Å²) in [5.41, 5.74) is 1.05. The van der Waals surface area contributed by atoms with Crippen LogP contribution in [0.4, 0.5) is 11.8 Å². The quantitative estimate of drug-likeness (QED) is 0.883. The monoisotopic (exact) mass is 290 g/mol. The van der Waals surface area contributed by atoms with Crippen molar-refractivity contribution in [1.82, 2.24) is 9.97 Å². The Balaban J connectivity index is 2.07. The molecule has 1 aromatic heterocycles. The number of hydrogen-bond donors (Lipinski definition) is 1. The summed E-state index contributed by atoms with van der Waals surface area (Å²) in [6.07, 6.45) is 1.77. The summed E-state index contributed by atoms with van der Waals surface area (Å²) in [6, 6.07) is 9.66. The van der Waals surface area contributed by atoms with E-state index in [0.717, 1.165) is 35.4 Å². The summed E-state index contributed by atoms with van der Waals surface area (Å²) in [6.45, 7) is 6.62. The first-order valence-electron chi connectivity index (χ1n) is 6.79. The van der Waals surface area contributed by atoms with E-state index in [9.17, 15) is 0 Å². The maximum Gasteiger partial charge on any atom is 0.227 e. The fourth-order valence-corrected chi connectivity index (χ4v) is 2.14. The summed E-state index contributed by atoms with van der Waals surface area (Å²) in [5, 5.41) is 4.05. The molecule has 0 unspecified atom stereocenters. The summed E-state index contributed by atoms with van der Waals surface area (Å²) >= 11 is 6.14. The van der Waals surface area contributed by atoms with E-state index in [1.54, 1.807) is 6.20 Å². The molecule has 0 amide bonds. The minimum atomic E-state index is 0.647. The van der Waals surface area contributed by atoms with Gasteiger partial charge in [-0.05, 0) is 31.5 Å². The predicted molar refractivity (Wildman–Crippen MR) is 84.4 cm³/mol. The van der Waals surface area contributed by atoms with E-state index in [4.69, 9.17) is 11.6 Å². The number of nitrogens with zero attached hydrogens (tertiary/aromatic N) is 3. The topological polar surface area (TPSA) is 41.1 Å². The zero-order valence-electron chi connectivity index (χ0n) is 11.8. The Hall–Kier alpha value is -1.81. The van der Waals surface area contributed by atoms with Gasteiger partial charge < -0.3 is 10.2 Å². The van der Waals surface area contributed by atoms with Crippen molar-refractivity contribution in [2.45, 2.75) is 20.4 Å². The van der Waals surface area contributed by atoms with Crippen molar-refractivity contribution >= 4 is 23.4 Å². The van der Waals surface area contributed by atoms with Gasteiger partial charge in [0.2, 0.25) is 5.95 Å². The SMILES string of the molecule is CCN(CC)c1nccc(NCc2ccccc2Cl)n1. The molecule has 1 heterocycles. The molecule has 2 rings (SSSR count). The van der Waals surface area contributed by atoms with Crippen LogP contribution in [-0.2, 0) is 6.54 Å². The average molecular weight is 291 g/mol. The molecule has 0 aliphatic rings. The standard InChI is InChI=1S/C15H19ClN4/c1-3-20(4-2)15-17-10-9-14(19-15)18-11-12-7-5-6-8-13(12)16/h5-10H,3-4,11H2,1-2H3,(H,17,18,19). The number of nitrogens with one attached hydrogen (secondary N) is 1. The third-order valence-electron chi connectivity index (χ3n) is 3.11. The number of benzene rings is 1. The summed E-state index contributed by atoms with van der Waals surface area (Å²) < 4.78 is 0. The second-order valence-corrected chi connectivity index (χ2v) is 4.77. The second kappa shape index (κ2) is 7.10. The smallest absolute Gasteiger partial charge is 0.227 e. The number of hydrogen-bond acceptors (Lipinski definition) is 4. The van der Waals surface area contributed by atoms with Crippen LogP contribution < -0.4 is 10.2 Å². The molecular formula is C15H19ClN4. The van der Waals surface area contributed by atoms with Crippen LogP contribution in [0.2, 0.25) is 5.02 Å². The number of aromatic nitrogens is 2. The van der Waals surface area contributed by atoms with Gasteiger partial charge in [-0.3, -0.25) is 0 Å². The van der Waals surface area contributed by atoms with E-state index in [2.05, 4.69) is 34.0 Å². The van der Waals surface area contributed by atoms with Crippen LogP contribution in [0.1, 0.15) is 19.4 Å². The Kier molecular flexibility index (Phi) is 5.18. The van der Waals surface area contributed by atoms with E-state index < -0.39 is 0 Å². The van der Waals surface area contributed by atoms with Crippen LogP contribution in [0.5, 0.6) is 0 Å². The summed E-state index contributed by atoms with van der Waals surface area (Å²) in [5.74, 6) is 1.56. The molecule has 0 bridgehead atoms. The largest absolute Gasteiger partial charge is 0.366 e. The minimum Gasteiger partial charge on any atom is -0.366 e. The molecule has 5 heteroatoms. The van der Waals surface area contributed by atoms with Crippen molar-refractivity contribution in [3.63, 3.8) is 0 Å². The highest BCUT2D eigenvalue weighted by molar-refractivity contribution is 6.31. The molecule has 0 spiro atoms. The van der Waals surface area contributed by atoms with E-state index in [0.29, 0.717) is 6.54 Å². The fraction of sp³-hybridized carbons (Fsp3) is 0.333. The molecule has 4 nitrogen and oxygen atoms in total. The van der Waals surface area contributed by atoms with Crippen LogP contribution in [-0.4, -0.2) is 23.1 Å². The van der Waals surface area contributed by atoms with E-state index in [1.807, 2.05) is 30.3 Å². The van der Waals surface area contributed by atoms with Crippen LogP contribution >= 0.6 is 11.6 Å². The summed E-state index contributed by atoms with van der Waals surface area (Å²) in [4.78, 5) is 10.9. The summed E-state index contributed by atoms with van der Waals surface area (Å²) in [7, 11) is 0. The molecule has 0 aliphatic heterocycles. The maximum absolute atomic E-state index is 6.14. The van der Waals surface area contributed by atoms with Crippen LogP contribution in [0, 0.1) is 0 Å². The van der Waals surface area contributed by atoms with Gasteiger partial charge >= 0.3 is 0 Å². The Labute approximate surface area is 124 Å². The van der Waals surface area contributed by atoms with Gasteiger partial charge in [0.25, 0.3) is 0 Å². The highest BCUT2D eigenvalue weighted by Gasteiger charge is 2.06. The van der Waals surface area contributed by atoms with Gasteiger partial charge in [-0.2, -0.15) is 4.98 Å². The average Bonchev–Trinajstić information content (AvgIpc) is 2.48. The zero-order valence-corrected chi connectivity index (χ0v) is 12.6. The zero-order chi connectivity index (χ0) is 14.4. The highest BCUT2D eigenvalue weighted by Crippen LogP contribution is 2.17. The Morgan fingerprint density at radius 1 is 1.15 bits per heavy atom. The van der Waals surface area contributed by atoms with E-state index in [-0.39, 0.29) is 0 Å². The van der Waals surface area contributed by atoms with Gasteiger partial charge in [0.15, 0.2) is 0 Å². The number of anilines is 2. The van der Waals surface area contributed by atoms with Gasteiger partial charge in [-0.25, -0.2) is 4.98 Å². The van der Waals surface area contributed by atoms with Crippen LogP contribution in [0.3, 0.4) is 0 Å². The lowest BCUT2D eigenvalue weighted by atomic mass is 10.2. The molecule has 0 aliphatic carbocycles. The van der Waals surface area contributed by atoms with Gasteiger partial charge in [0, 0.05) is 30.9 Å². The minimum absolute atomic E-state index is 0.647. The first-order valence-corrected chi connectivity index (χ1v) is 7.17. The van der Waals surface area contributed by atoms with Gasteiger partial charge in [0.1, 0.15) is 5.82 Å². The molecule has 0 saturated heterocycles. The van der Waals surface area contributed by atoms with Crippen molar-refractivity contribution in [2.75, 3.05) is 23.3 Å². The van der Waals surface area contributed by atoms with Crippen LogP contribution in [0.25, 0.3) is 0 Å². The molecule has 0 atom stereocenters. The maximum atomic E-state index is 6.14.